The van der Waals surface area contributed by atoms with Crippen molar-refractivity contribution in [2.24, 2.45) is 0 Å². The number of barbiturate groups is 1. The van der Waals surface area contributed by atoms with Crippen molar-refractivity contribution in [1.29, 1.82) is 0 Å². The molecule has 0 radical (unpaired) electrons. The van der Waals surface area contributed by atoms with Crippen LogP contribution in [0, 0.1) is 13.8 Å². The summed E-state index contributed by atoms with van der Waals surface area (Å²) in [7, 11) is 0. The van der Waals surface area contributed by atoms with E-state index in [4.69, 9.17) is 4.74 Å². The van der Waals surface area contributed by atoms with Crippen molar-refractivity contribution in [2.45, 2.75) is 20.5 Å². The maximum atomic E-state index is 13.1. The monoisotopic (exact) mass is 426 g/mol. The maximum absolute atomic E-state index is 13.1. The Hall–Kier alpha value is -4.19. The Morgan fingerprint density at radius 2 is 1.53 bits per heavy atom. The molecular weight excluding hydrogens is 404 g/mol. The summed E-state index contributed by atoms with van der Waals surface area (Å²) in [6.45, 7) is 4.20. The Labute approximate surface area is 186 Å². The van der Waals surface area contributed by atoms with Gasteiger partial charge in [0.2, 0.25) is 0 Å². The number of anilines is 1. The first kappa shape index (κ1) is 21.1. The van der Waals surface area contributed by atoms with Crippen LogP contribution in [0.15, 0.2) is 78.4 Å². The van der Waals surface area contributed by atoms with Gasteiger partial charge in [0.15, 0.2) is 0 Å². The van der Waals surface area contributed by atoms with Crippen molar-refractivity contribution in [2.75, 3.05) is 4.90 Å². The number of urea groups is 1. The van der Waals surface area contributed by atoms with E-state index in [-0.39, 0.29) is 5.57 Å². The van der Waals surface area contributed by atoms with E-state index in [0.29, 0.717) is 23.6 Å². The quantitative estimate of drug-likeness (QED) is 0.480. The van der Waals surface area contributed by atoms with Gasteiger partial charge < -0.3 is 4.74 Å². The average molecular weight is 426 g/mol. The lowest BCUT2D eigenvalue weighted by atomic mass is 10.1. The Morgan fingerprint density at radius 3 is 2.19 bits per heavy atom. The summed E-state index contributed by atoms with van der Waals surface area (Å²) in [6.07, 6.45) is 1.47. The maximum Gasteiger partial charge on any atom is 0.335 e. The Kier molecular flexibility index (Phi) is 5.85. The van der Waals surface area contributed by atoms with E-state index in [0.717, 1.165) is 21.6 Å². The molecule has 0 bridgehead atoms. The molecule has 6 nitrogen and oxygen atoms in total. The molecule has 0 spiro atoms. The average Bonchev–Trinajstić information content (AvgIpc) is 2.76. The minimum Gasteiger partial charge on any atom is -0.489 e. The van der Waals surface area contributed by atoms with Gasteiger partial charge in [-0.05, 0) is 66.4 Å². The molecule has 32 heavy (non-hydrogen) atoms. The predicted octanol–water partition coefficient (Wildman–Crippen LogP) is 4.55. The van der Waals surface area contributed by atoms with Crippen LogP contribution in [0.4, 0.5) is 10.5 Å². The smallest absolute Gasteiger partial charge is 0.335 e. The van der Waals surface area contributed by atoms with Gasteiger partial charge in [0, 0.05) is 0 Å². The minimum atomic E-state index is -0.758. The number of ether oxygens (including phenoxy) is 1. The summed E-state index contributed by atoms with van der Waals surface area (Å²) in [5, 5.41) is 2.25. The molecule has 160 valence electrons. The number of imide groups is 2. The molecule has 1 aliphatic heterocycles. The second-order valence-corrected chi connectivity index (χ2v) is 7.65. The summed E-state index contributed by atoms with van der Waals surface area (Å²) in [5.41, 5.74) is 3.84. The predicted molar refractivity (Wildman–Crippen MR) is 122 cm³/mol. The van der Waals surface area contributed by atoms with Crippen LogP contribution >= 0.6 is 0 Å². The fourth-order valence-electron chi connectivity index (χ4n) is 3.54. The number of carbonyl (C=O) groups excluding carboxylic acids is 3. The first-order valence-electron chi connectivity index (χ1n) is 10.2. The number of aryl methyl sites for hydroxylation is 2. The van der Waals surface area contributed by atoms with Crippen molar-refractivity contribution >= 4 is 29.6 Å². The molecule has 4 amide bonds. The first-order chi connectivity index (χ1) is 15.4. The third kappa shape index (κ3) is 4.59. The fourth-order valence-corrected chi connectivity index (χ4v) is 3.54. The van der Waals surface area contributed by atoms with Crippen LogP contribution in [-0.4, -0.2) is 17.8 Å². The topological polar surface area (TPSA) is 75.7 Å². The number of benzene rings is 3. The van der Waals surface area contributed by atoms with Crippen LogP contribution in [0.1, 0.15) is 22.3 Å². The lowest BCUT2D eigenvalue weighted by Gasteiger charge is -2.27. The molecule has 0 atom stereocenters. The molecule has 0 aliphatic carbocycles. The van der Waals surface area contributed by atoms with E-state index >= 15 is 0 Å². The molecule has 3 aromatic rings. The van der Waals surface area contributed by atoms with Gasteiger partial charge in [0.25, 0.3) is 11.8 Å². The second-order valence-electron chi connectivity index (χ2n) is 7.65. The molecule has 4 rings (SSSR count). The summed E-state index contributed by atoms with van der Waals surface area (Å²) in [6, 6.07) is 21.5. The Morgan fingerprint density at radius 1 is 0.875 bits per heavy atom. The van der Waals surface area contributed by atoms with Gasteiger partial charge in [0.1, 0.15) is 17.9 Å². The van der Waals surface area contributed by atoms with Gasteiger partial charge in [-0.2, -0.15) is 0 Å². The van der Waals surface area contributed by atoms with Gasteiger partial charge in [-0.3, -0.25) is 14.9 Å². The number of rotatable bonds is 5. The van der Waals surface area contributed by atoms with E-state index in [2.05, 4.69) is 5.32 Å². The molecule has 1 saturated heterocycles. The Balaban J connectivity index is 1.55. The number of nitrogens with zero attached hydrogens (tertiary/aromatic N) is 1. The molecule has 1 heterocycles. The molecule has 0 aromatic heterocycles. The van der Waals surface area contributed by atoms with E-state index in [1.54, 1.807) is 36.4 Å². The second kappa shape index (κ2) is 8.89. The molecule has 3 aromatic carbocycles. The van der Waals surface area contributed by atoms with Crippen LogP contribution < -0.4 is 15.0 Å². The van der Waals surface area contributed by atoms with E-state index < -0.39 is 17.8 Å². The van der Waals surface area contributed by atoms with Crippen LogP contribution in [0.5, 0.6) is 5.75 Å². The highest BCUT2D eigenvalue weighted by Crippen LogP contribution is 2.25. The summed E-state index contributed by atoms with van der Waals surface area (Å²) in [4.78, 5) is 38.8. The third-order valence-corrected chi connectivity index (χ3v) is 5.01. The third-order valence-electron chi connectivity index (χ3n) is 5.01. The largest absolute Gasteiger partial charge is 0.489 e. The standard InChI is InChI=1S/C26H22N2O4/c1-17-12-18(2)14-21(13-17)28-25(30)23(24(29)27-26(28)31)15-19-8-10-22(11-9-19)32-16-20-6-4-3-5-7-20/h3-15H,16H2,1-2H3,(H,27,29,31)/b23-15+. The first-order valence-corrected chi connectivity index (χ1v) is 10.2. The zero-order valence-electron chi connectivity index (χ0n) is 17.8. The van der Waals surface area contributed by atoms with E-state index in [9.17, 15) is 14.4 Å². The highest BCUT2D eigenvalue weighted by Gasteiger charge is 2.36. The van der Waals surface area contributed by atoms with Crippen LogP contribution in [0.2, 0.25) is 0 Å². The molecule has 6 heteroatoms. The fraction of sp³-hybridized carbons (Fsp3) is 0.115. The lowest BCUT2D eigenvalue weighted by Crippen LogP contribution is -2.54. The highest BCUT2D eigenvalue weighted by atomic mass is 16.5. The van der Waals surface area contributed by atoms with Crippen LogP contribution in [0.3, 0.4) is 0 Å². The zero-order chi connectivity index (χ0) is 22.7. The van der Waals surface area contributed by atoms with Gasteiger partial charge >= 0.3 is 6.03 Å². The highest BCUT2D eigenvalue weighted by molar-refractivity contribution is 6.39. The molecule has 1 aliphatic rings. The van der Waals surface area contributed by atoms with Gasteiger partial charge in [0.05, 0.1) is 5.69 Å². The van der Waals surface area contributed by atoms with Gasteiger partial charge in [-0.15, -0.1) is 0 Å². The van der Waals surface area contributed by atoms with Crippen LogP contribution in [0.25, 0.3) is 6.08 Å². The number of nitrogens with one attached hydrogen (secondary N) is 1. The van der Waals surface area contributed by atoms with Gasteiger partial charge in [-0.1, -0.05) is 48.5 Å². The van der Waals surface area contributed by atoms with Crippen molar-refractivity contribution in [3.8, 4) is 5.75 Å². The normalized spacial score (nSPS) is 15.1. The minimum absolute atomic E-state index is 0.110. The number of amides is 4. The molecule has 1 N–H and O–H groups in total. The van der Waals surface area contributed by atoms with E-state index in [1.165, 1.54) is 6.08 Å². The van der Waals surface area contributed by atoms with Crippen molar-refractivity contribution in [3.05, 3.63) is 101 Å². The molecule has 0 unspecified atom stereocenters. The van der Waals surface area contributed by atoms with Crippen molar-refractivity contribution in [1.82, 2.24) is 5.32 Å². The summed E-state index contributed by atoms with van der Waals surface area (Å²) < 4.78 is 5.77. The number of carbonyl (C=O) groups is 3. The number of hydrogen-bond donors (Lipinski definition) is 1. The van der Waals surface area contributed by atoms with Gasteiger partial charge in [-0.25, -0.2) is 9.69 Å². The lowest BCUT2D eigenvalue weighted by molar-refractivity contribution is -0.122. The summed E-state index contributed by atoms with van der Waals surface area (Å²) in [5.74, 6) is -0.708. The number of hydrogen-bond acceptors (Lipinski definition) is 4. The summed E-state index contributed by atoms with van der Waals surface area (Å²) >= 11 is 0. The zero-order valence-corrected chi connectivity index (χ0v) is 17.8. The van der Waals surface area contributed by atoms with Crippen LogP contribution in [-0.2, 0) is 16.2 Å². The molecule has 0 saturated carbocycles. The van der Waals surface area contributed by atoms with Crippen molar-refractivity contribution in [3.63, 3.8) is 0 Å². The molecule has 1 fully saturated rings. The van der Waals surface area contributed by atoms with Crippen molar-refractivity contribution < 1.29 is 19.1 Å². The molecular formula is C26H22N2O4. The van der Waals surface area contributed by atoms with E-state index in [1.807, 2.05) is 50.2 Å². The Bertz CT molecular complexity index is 1190. The SMILES string of the molecule is Cc1cc(C)cc(N2C(=O)NC(=O)/C(=C\c3ccc(OCc4ccccc4)cc3)C2=O)c1.